The topological polar surface area (TPSA) is 97.3 Å². The Balaban J connectivity index is 1.66. The zero-order chi connectivity index (χ0) is 19.3. The second-order valence-electron chi connectivity index (χ2n) is 7.07. The van der Waals surface area contributed by atoms with E-state index in [1.54, 1.807) is 0 Å². The molecular formula is C20H23N5O3. The van der Waals surface area contributed by atoms with Crippen LogP contribution >= 0.6 is 0 Å². The summed E-state index contributed by atoms with van der Waals surface area (Å²) in [6, 6.07) is 12.0. The van der Waals surface area contributed by atoms with Crippen molar-refractivity contribution in [1.82, 2.24) is 10.3 Å². The largest absolute Gasteiger partial charge is 0.383 e. The Morgan fingerprint density at radius 1 is 1.07 bits per heavy atom. The third-order valence-electron chi connectivity index (χ3n) is 5.19. The van der Waals surface area contributed by atoms with Gasteiger partial charge in [-0.1, -0.05) is 43.2 Å². The monoisotopic (exact) mass is 381 g/mol. The van der Waals surface area contributed by atoms with Crippen molar-refractivity contribution in [3.63, 3.8) is 0 Å². The summed E-state index contributed by atoms with van der Waals surface area (Å²) in [6.07, 6.45) is 5.20. The minimum absolute atomic E-state index is 0.0215. The van der Waals surface area contributed by atoms with Gasteiger partial charge in [0.1, 0.15) is 5.69 Å². The smallest absolute Gasteiger partial charge is 0.323 e. The van der Waals surface area contributed by atoms with Gasteiger partial charge in [0.2, 0.25) is 5.52 Å². The van der Waals surface area contributed by atoms with Crippen molar-refractivity contribution < 1.29 is 9.55 Å². The van der Waals surface area contributed by atoms with Crippen LogP contribution < -0.4 is 10.2 Å². The molecule has 3 aromatic rings. The van der Waals surface area contributed by atoms with Crippen LogP contribution in [0.1, 0.15) is 31.2 Å². The molecule has 4 rings (SSSR count). The number of nitro benzene ring substituents is 1. The van der Waals surface area contributed by atoms with E-state index >= 15 is 0 Å². The summed E-state index contributed by atoms with van der Waals surface area (Å²) in [5, 5.41) is 23.0. The zero-order valence-corrected chi connectivity index (χ0v) is 15.6. The number of hydrogen-bond donors (Lipinski definition) is 1. The molecule has 8 heteroatoms. The Bertz CT molecular complexity index is 949. The van der Waals surface area contributed by atoms with Crippen LogP contribution in [-0.4, -0.2) is 34.9 Å². The van der Waals surface area contributed by atoms with Crippen LogP contribution in [0.4, 0.5) is 17.1 Å². The zero-order valence-electron chi connectivity index (χ0n) is 15.6. The molecule has 1 fully saturated rings. The van der Waals surface area contributed by atoms with Gasteiger partial charge in [0.15, 0.2) is 5.52 Å². The molecule has 0 saturated carbocycles. The fourth-order valence-corrected chi connectivity index (χ4v) is 3.77. The number of nitrogens with zero attached hydrogens (tertiary/aromatic N) is 4. The highest BCUT2D eigenvalue weighted by atomic mass is 16.6. The maximum absolute atomic E-state index is 11.8. The van der Waals surface area contributed by atoms with Gasteiger partial charge in [0.25, 0.3) is 0 Å². The number of benzene rings is 2. The Morgan fingerprint density at radius 2 is 1.79 bits per heavy atom. The number of nitrogens with one attached hydrogen (secondary N) is 1. The minimum atomic E-state index is -0.374. The van der Waals surface area contributed by atoms with Crippen molar-refractivity contribution in [2.45, 2.75) is 32.1 Å². The van der Waals surface area contributed by atoms with E-state index in [0.29, 0.717) is 17.7 Å². The SMILES string of the molecule is O=[N+]([O-])c1c(N2CCCCCC2)cc(NCCc2ccccc2)c2nonc12. The van der Waals surface area contributed by atoms with Crippen molar-refractivity contribution in [3.8, 4) is 0 Å². The average Bonchev–Trinajstić information content (AvgIpc) is 3.03. The van der Waals surface area contributed by atoms with Crippen LogP contribution in [0.25, 0.3) is 11.0 Å². The molecule has 0 aliphatic carbocycles. The number of aromatic nitrogens is 2. The van der Waals surface area contributed by atoms with Crippen LogP contribution in [0, 0.1) is 10.1 Å². The van der Waals surface area contributed by atoms with Crippen molar-refractivity contribution in [3.05, 3.63) is 52.1 Å². The van der Waals surface area contributed by atoms with E-state index in [0.717, 1.165) is 50.9 Å². The van der Waals surface area contributed by atoms with Gasteiger partial charge >= 0.3 is 5.69 Å². The lowest BCUT2D eigenvalue weighted by Gasteiger charge is -2.23. The fourth-order valence-electron chi connectivity index (χ4n) is 3.77. The molecule has 1 aromatic heterocycles. The predicted molar refractivity (Wildman–Crippen MR) is 108 cm³/mol. The van der Waals surface area contributed by atoms with E-state index < -0.39 is 0 Å². The molecule has 0 spiro atoms. The summed E-state index contributed by atoms with van der Waals surface area (Å²) in [5.74, 6) is 0. The lowest BCUT2D eigenvalue weighted by molar-refractivity contribution is -0.382. The van der Waals surface area contributed by atoms with Crippen LogP contribution in [0.2, 0.25) is 0 Å². The van der Waals surface area contributed by atoms with Crippen molar-refractivity contribution in [2.24, 2.45) is 0 Å². The van der Waals surface area contributed by atoms with Crippen LogP contribution in [0.15, 0.2) is 41.0 Å². The van der Waals surface area contributed by atoms with Gasteiger partial charge in [-0.2, -0.15) is 0 Å². The number of anilines is 2. The van der Waals surface area contributed by atoms with E-state index in [1.807, 2.05) is 24.3 Å². The maximum Gasteiger partial charge on any atom is 0.323 e. The van der Waals surface area contributed by atoms with Gasteiger partial charge in [0, 0.05) is 19.6 Å². The van der Waals surface area contributed by atoms with Crippen LogP contribution in [0.5, 0.6) is 0 Å². The molecule has 2 aromatic carbocycles. The molecule has 1 saturated heterocycles. The van der Waals surface area contributed by atoms with Crippen LogP contribution in [0.3, 0.4) is 0 Å². The first-order valence-electron chi connectivity index (χ1n) is 9.70. The third kappa shape index (κ3) is 3.76. The quantitative estimate of drug-likeness (QED) is 0.505. The van der Waals surface area contributed by atoms with E-state index in [4.69, 9.17) is 4.63 Å². The van der Waals surface area contributed by atoms with Crippen LogP contribution in [-0.2, 0) is 6.42 Å². The summed E-state index contributed by atoms with van der Waals surface area (Å²) < 4.78 is 4.87. The summed E-state index contributed by atoms with van der Waals surface area (Å²) in [7, 11) is 0. The maximum atomic E-state index is 11.8. The molecule has 0 unspecified atom stereocenters. The number of hydrogen-bond acceptors (Lipinski definition) is 7. The Labute approximate surface area is 162 Å². The van der Waals surface area contributed by atoms with E-state index in [9.17, 15) is 10.1 Å². The highest BCUT2D eigenvalue weighted by Gasteiger charge is 2.29. The highest BCUT2D eigenvalue weighted by Crippen LogP contribution is 2.39. The Hall–Kier alpha value is -3.16. The predicted octanol–water partition coefficient (Wildman–Crippen LogP) is 4.17. The molecule has 2 heterocycles. The van der Waals surface area contributed by atoms with Gasteiger partial charge in [0.05, 0.1) is 10.6 Å². The Kier molecular flexibility index (Phi) is 5.36. The fraction of sp³-hybridized carbons (Fsp3) is 0.400. The molecule has 1 N–H and O–H groups in total. The summed E-state index contributed by atoms with van der Waals surface area (Å²) in [5.41, 5.74) is 3.12. The lowest BCUT2D eigenvalue weighted by Crippen LogP contribution is -2.25. The van der Waals surface area contributed by atoms with E-state index in [2.05, 4.69) is 32.7 Å². The molecule has 0 atom stereocenters. The molecule has 0 radical (unpaired) electrons. The third-order valence-corrected chi connectivity index (χ3v) is 5.19. The molecule has 146 valence electrons. The van der Waals surface area contributed by atoms with Crippen molar-refractivity contribution in [1.29, 1.82) is 0 Å². The van der Waals surface area contributed by atoms with Gasteiger partial charge in [-0.3, -0.25) is 10.1 Å². The second-order valence-corrected chi connectivity index (χ2v) is 7.07. The van der Waals surface area contributed by atoms with E-state index in [1.165, 1.54) is 5.56 Å². The molecular weight excluding hydrogens is 358 g/mol. The number of fused-ring (bicyclic) bond motifs is 1. The standard InChI is InChI=1S/C20H23N5O3/c26-25(27)20-17(24-12-6-1-2-7-13-24)14-16(18-19(20)23-28-22-18)21-11-10-15-8-4-3-5-9-15/h3-5,8-9,14,21H,1-2,6-7,10-13H2. The highest BCUT2D eigenvalue weighted by molar-refractivity contribution is 5.99. The molecule has 28 heavy (non-hydrogen) atoms. The second kappa shape index (κ2) is 8.24. The average molecular weight is 381 g/mol. The first-order valence-corrected chi connectivity index (χ1v) is 9.70. The molecule has 0 bridgehead atoms. The number of nitro groups is 1. The van der Waals surface area contributed by atoms with E-state index in [-0.39, 0.29) is 16.1 Å². The normalized spacial score (nSPS) is 14.8. The lowest BCUT2D eigenvalue weighted by atomic mass is 10.1. The molecule has 8 nitrogen and oxygen atoms in total. The molecule has 1 aliphatic heterocycles. The van der Waals surface area contributed by atoms with Gasteiger partial charge < -0.3 is 10.2 Å². The summed E-state index contributed by atoms with van der Waals surface area (Å²) >= 11 is 0. The van der Waals surface area contributed by atoms with Gasteiger partial charge in [-0.15, -0.1) is 0 Å². The first-order chi connectivity index (χ1) is 13.7. The first kappa shape index (κ1) is 18.2. The Morgan fingerprint density at radius 3 is 2.50 bits per heavy atom. The van der Waals surface area contributed by atoms with Crippen molar-refractivity contribution >= 4 is 28.1 Å². The number of rotatable bonds is 6. The van der Waals surface area contributed by atoms with Crippen molar-refractivity contribution in [2.75, 3.05) is 29.9 Å². The molecule has 1 aliphatic rings. The molecule has 0 amide bonds. The van der Waals surface area contributed by atoms with Gasteiger partial charge in [-0.05, 0) is 41.2 Å². The summed E-state index contributed by atoms with van der Waals surface area (Å²) in [4.78, 5) is 13.5. The minimum Gasteiger partial charge on any atom is -0.383 e. The van der Waals surface area contributed by atoms with Gasteiger partial charge in [-0.25, -0.2) is 4.63 Å². The summed E-state index contributed by atoms with van der Waals surface area (Å²) in [6.45, 7) is 2.30.